The zero-order chi connectivity index (χ0) is 27.8. The molecule has 0 unspecified atom stereocenters. The van der Waals surface area contributed by atoms with Crippen LogP contribution in [0, 0.1) is 0 Å². The van der Waals surface area contributed by atoms with Crippen LogP contribution >= 0.6 is 11.8 Å². The monoisotopic (exact) mass is 565 g/mol. The van der Waals surface area contributed by atoms with Crippen molar-refractivity contribution >= 4 is 39.8 Å². The first-order valence-electron chi connectivity index (χ1n) is 11.3. The fourth-order valence-electron chi connectivity index (χ4n) is 3.90. The Balaban J connectivity index is 1.31. The number of fused-ring (bicyclic) bond motifs is 1. The minimum atomic E-state index is -4.98. The summed E-state index contributed by atoms with van der Waals surface area (Å²) >= 11 is 1.17. The normalized spacial score (nSPS) is 15.4. The largest absolute Gasteiger partial charge is 0.416 e. The number of carbonyl (C=O) groups is 1. The van der Waals surface area contributed by atoms with E-state index in [1.54, 1.807) is 35.3 Å². The van der Waals surface area contributed by atoms with Crippen LogP contribution in [0.25, 0.3) is 17.0 Å². The van der Waals surface area contributed by atoms with Gasteiger partial charge < -0.3 is 5.32 Å². The van der Waals surface area contributed by atoms with E-state index in [4.69, 9.17) is 0 Å². The zero-order valence-electron chi connectivity index (χ0n) is 19.7. The number of rotatable bonds is 6. The molecule has 1 amide bonds. The van der Waals surface area contributed by atoms with Crippen molar-refractivity contribution in [1.29, 1.82) is 0 Å². The van der Waals surface area contributed by atoms with Crippen LogP contribution in [-0.2, 0) is 30.2 Å². The van der Waals surface area contributed by atoms with Crippen molar-refractivity contribution in [2.45, 2.75) is 25.4 Å². The van der Waals surface area contributed by atoms with E-state index in [0.29, 0.717) is 45.7 Å². The molecule has 4 aromatic rings. The Hall–Kier alpha value is -4.14. The third-order valence-electron chi connectivity index (χ3n) is 5.73. The van der Waals surface area contributed by atoms with Gasteiger partial charge in [0.25, 0.3) is 5.91 Å². The van der Waals surface area contributed by atoms with Crippen LogP contribution in [0.15, 0.2) is 65.1 Å². The van der Waals surface area contributed by atoms with Crippen LogP contribution in [0.1, 0.15) is 22.3 Å². The van der Waals surface area contributed by atoms with Gasteiger partial charge in [-0.2, -0.15) is 41.5 Å². The number of nitrogens with zero attached hydrogens (tertiary/aromatic N) is 6. The topological polar surface area (TPSA) is 90.0 Å². The van der Waals surface area contributed by atoms with Gasteiger partial charge in [0, 0.05) is 11.9 Å². The molecule has 0 aliphatic carbocycles. The molecular formula is C24H17F6N7OS. The molecule has 0 radical (unpaired) electrons. The quantitative estimate of drug-likeness (QED) is 0.262. The Kier molecular flexibility index (Phi) is 6.92. The van der Waals surface area contributed by atoms with E-state index in [1.165, 1.54) is 29.0 Å². The molecule has 15 heteroatoms. The van der Waals surface area contributed by atoms with Crippen LogP contribution in [0.5, 0.6) is 0 Å². The predicted octanol–water partition coefficient (Wildman–Crippen LogP) is 4.97. The number of amidine groups is 1. The fourth-order valence-corrected chi connectivity index (χ4v) is 4.74. The van der Waals surface area contributed by atoms with Gasteiger partial charge in [0.05, 0.1) is 40.8 Å². The van der Waals surface area contributed by atoms with Crippen molar-refractivity contribution in [3.05, 3.63) is 82.4 Å². The molecule has 0 fully saturated rings. The third kappa shape index (κ3) is 5.97. The first kappa shape index (κ1) is 26.5. The number of benzene rings is 2. The number of alkyl halides is 6. The summed E-state index contributed by atoms with van der Waals surface area (Å²) < 4.78 is 82.5. The highest BCUT2D eigenvalue weighted by atomic mass is 32.2. The van der Waals surface area contributed by atoms with Crippen LogP contribution in [0.4, 0.5) is 26.3 Å². The van der Waals surface area contributed by atoms with E-state index >= 15 is 0 Å². The number of halogens is 6. The van der Waals surface area contributed by atoms with E-state index in [2.05, 4.69) is 25.5 Å². The number of hydrogen-bond acceptors (Lipinski definition) is 6. The van der Waals surface area contributed by atoms with Gasteiger partial charge in [-0.25, -0.2) is 4.98 Å². The summed E-state index contributed by atoms with van der Waals surface area (Å²) in [7, 11) is 0. The second kappa shape index (κ2) is 10.2. The number of aromatic nitrogens is 5. The standard InChI is InChI=1S/C24H17F6N7OS/c25-23(26,27)17-3-2-15(18(9-17)24(28,29)30)11-37-19-4-1-14(7-16(19)10-33-37)8-20-21(38)35-22(39-20)32-5-6-36-13-31-12-34-36/h1-4,7-10,12-13H,5-6,11H2,(H,32,35,38). The van der Waals surface area contributed by atoms with Crippen LogP contribution < -0.4 is 5.32 Å². The van der Waals surface area contributed by atoms with Crippen LogP contribution in [0.3, 0.4) is 0 Å². The molecule has 1 N–H and O–H groups in total. The first-order valence-corrected chi connectivity index (χ1v) is 12.1. The lowest BCUT2D eigenvalue weighted by atomic mass is 10.0. The van der Waals surface area contributed by atoms with E-state index < -0.39 is 29.4 Å². The molecular weight excluding hydrogens is 548 g/mol. The van der Waals surface area contributed by atoms with E-state index in [-0.39, 0.29) is 18.2 Å². The van der Waals surface area contributed by atoms with Crippen LogP contribution in [0.2, 0.25) is 0 Å². The first-order chi connectivity index (χ1) is 18.5. The van der Waals surface area contributed by atoms with Crippen molar-refractivity contribution < 1.29 is 31.1 Å². The molecule has 0 saturated heterocycles. The average molecular weight is 566 g/mol. The van der Waals surface area contributed by atoms with E-state index in [9.17, 15) is 31.1 Å². The molecule has 3 heterocycles. The summed E-state index contributed by atoms with van der Waals surface area (Å²) in [5, 5.41) is 12.2. The zero-order valence-corrected chi connectivity index (χ0v) is 20.5. The molecule has 0 atom stereocenters. The summed E-state index contributed by atoms with van der Waals surface area (Å²) in [4.78, 5) is 20.5. The average Bonchev–Trinajstić information content (AvgIpc) is 3.60. The Morgan fingerprint density at radius 3 is 2.54 bits per heavy atom. The van der Waals surface area contributed by atoms with Gasteiger partial charge in [0.15, 0.2) is 5.17 Å². The summed E-state index contributed by atoms with van der Waals surface area (Å²) in [6.07, 6.45) is -3.82. The lowest BCUT2D eigenvalue weighted by Crippen LogP contribution is -2.24. The van der Waals surface area contributed by atoms with Gasteiger partial charge in [-0.05, 0) is 53.2 Å². The lowest BCUT2D eigenvalue weighted by molar-refractivity contribution is -0.143. The third-order valence-corrected chi connectivity index (χ3v) is 6.67. The molecule has 202 valence electrons. The highest BCUT2D eigenvalue weighted by Gasteiger charge is 2.38. The minimum absolute atomic E-state index is 0.112. The molecule has 1 aliphatic heterocycles. The number of nitrogens with one attached hydrogen (secondary N) is 1. The predicted molar refractivity (Wildman–Crippen MR) is 131 cm³/mol. The number of amides is 1. The van der Waals surface area contributed by atoms with Gasteiger partial charge in [0.1, 0.15) is 12.7 Å². The number of carbonyl (C=O) groups excluding carboxylic acids is 1. The molecule has 8 nitrogen and oxygen atoms in total. The second-order valence-corrected chi connectivity index (χ2v) is 9.44. The van der Waals surface area contributed by atoms with Crippen molar-refractivity contribution in [2.24, 2.45) is 4.99 Å². The van der Waals surface area contributed by atoms with E-state index in [0.717, 1.165) is 6.07 Å². The highest BCUT2D eigenvalue weighted by Crippen LogP contribution is 2.38. The summed E-state index contributed by atoms with van der Waals surface area (Å²) in [6.45, 7) is 0.628. The molecule has 1 aliphatic rings. The molecule has 2 aromatic heterocycles. The Bertz CT molecular complexity index is 1590. The fraction of sp³-hybridized carbons (Fsp3) is 0.208. The molecule has 0 spiro atoms. The van der Waals surface area contributed by atoms with Gasteiger partial charge in [-0.1, -0.05) is 12.1 Å². The highest BCUT2D eigenvalue weighted by molar-refractivity contribution is 8.18. The maximum absolute atomic E-state index is 13.5. The molecule has 0 saturated carbocycles. The van der Waals surface area contributed by atoms with Gasteiger partial charge in [-0.3, -0.25) is 14.2 Å². The molecule has 0 bridgehead atoms. The molecule has 5 rings (SSSR count). The molecule has 39 heavy (non-hydrogen) atoms. The maximum Gasteiger partial charge on any atom is 0.416 e. The van der Waals surface area contributed by atoms with E-state index in [1.807, 2.05) is 0 Å². The van der Waals surface area contributed by atoms with Crippen molar-refractivity contribution in [3.8, 4) is 0 Å². The summed E-state index contributed by atoms with van der Waals surface area (Å²) in [5.41, 5.74) is -1.98. The van der Waals surface area contributed by atoms with Gasteiger partial charge in [0.2, 0.25) is 0 Å². The smallest absolute Gasteiger partial charge is 0.362 e. The maximum atomic E-state index is 13.5. The van der Waals surface area contributed by atoms with Crippen molar-refractivity contribution in [1.82, 2.24) is 29.9 Å². The summed E-state index contributed by atoms with van der Waals surface area (Å²) in [5.74, 6) is -0.416. The number of thioether (sulfide) groups is 1. The summed E-state index contributed by atoms with van der Waals surface area (Å²) in [6, 6.07) is 6.53. The van der Waals surface area contributed by atoms with Gasteiger partial charge in [-0.15, -0.1) is 0 Å². The lowest BCUT2D eigenvalue weighted by Gasteiger charge is -2.16. The Morgan fingerprint density at radius 1 is 1.00 bits per heavy atom. The minimum Gasteiger partial charge on any atom is -0.362 e. The Labute approximate surface area is 220 Å². The van der Waals surface area contributed by atoms with Crippen molar-refractivity contribution in [3.63, 3.8) is 0 Å². The Morgan fingerprint density at radius 2 is 1.82 bits per heavy atom. The number of hydrogen-bond donors (Lipinski definition) is 1. The number of aliphatic imine (C=N–C) groups is 1. The SMILES string of the molecule is O=C1N=C(NCCn2cncn2)SC1=Cc1ccc2c(cnn2Cc2ccc(C(F)(F)F)cc2C(F)(F)F)c1. The van der Waals surface area contributed by atoms with Gasteiger partial charge >= 0.3 is 12.4 Å². The molecule has 2 aromatic carbocycles. The van der Waals surface area contributed by atoms with Crippen molar-refractivity contribution in [2.75, 3.05) is 6.54 Å². The van der Waals surface area contributed by atoms with Crippen LogP contribution in [-0.4, -0.2) is 42.2 Å². The second-order valence-electron chi connectivity index (χ2n) is 8.41.